The molecule has 0 saturated heterocycles. The van der Waals surface area contributed by atoms with Gasteiger partial charge in [-0.2, -0.15) is 0 Å². The van der Waals surface area contributed by atoms with Gasteiger partial charge in [0, 0.05) is 10.4 Å². The number of hydrogen-bond donors (Lipinski definition) is 3. The number of carbonyl (C=O) groups excluding carboxylic acids is 1. The number of benzene rings is 2. The molecule has 2 aromatic heterocycles. The molecule has 0 aliphatic heterocycles. The van der Waals surface area contributed by atoms with Crippen LogP contribution in [0.25, 0.3) is 21.1 Å². The fraction of sp³-hybridized carbons (Fsp3) is 0. The van der Waals surface area contributed by atoms with Crippen molar-refractivity contribution in [3.63, 3.8) is 0 Å². The number of thiophene rings is 1. The van der Waals surface area contributed by atoms with Gasteiger partial charge in [-0.05, 0) is 35.7 Å². The Morgan fingerprint density at radius 1 is 1.00 bits per heavy atom. The Labute approximate surface area is 128 Å². The second-order valence-electron chi connectivity index (χ2n) is 4.94. The highest BCUT2D eigenvalue weighted by molar-refractivity contribution is 7.20. The third-order valence-electron chi connectivity index (χ3n) is 3.42. The lowest BCUT2D eigenvalue weighted by Crippen LogP contribution is -2.09. The maximum absolute atomic E-state index is 12.3. The second-order valence-corrected chi connectivity index (χ2v) is 6.03. The number of amides is 1. The Hall–Kier alpha value is -2.86. The third-order valence-corrected chi connectivity index (χ3v) is 4.54. The SMILES string of the molecule is O=C(Nc1ccc2[nH]c(=O)[nH]c2c1)c1cc2ccccc2s1. The van der Waals surface area contributed by atoms with E-state index < -0.39 is 0 Å². The lowest BCUT2D eigenvalue weighted by Gasteiger charge is -2.03. The normalized spacial score (nSPS) is 11.1. The summed E-state index contributed by atoms with van der Waals surface area (Å²) < 4.78 is 1.08. The Bertz CT molecular complexity index is 1020. The van der Waals surface area contributed by atoms with Crippen LogP contribution in [-0.4, -0.2) is 15.9 Å². The topological polar surface area (TPSA) is 77.8 Å². The lowest BCUT2D eigenvalue weighted by molar-refractivity contribution is 0.103. The van der Waals surface area contributed by atoms with Crippen molar-refractivity contribution in [1.29, 1.82) is 0 Å². The summed E-state index contributed by atoms with van der Waals surface area (Å²) in [4.78, 5) is 29.6. The first-order chi connectivity index (χ1) is 10.7. The number of fused-ring (bicyclic) bond motifs is 2. The quantitative estimate of drug-likeness (QED) is 0.531. The zero-order valence-electron chi connectivity index (χ0n) is 11.3. The van der Waals surface area contributed by atoms with Gasteiger partial charge in [0.1, 0.15) is 0 Å². The Morgan fingerprint density at radius 3 is 2.68 bits per heavy atom. The van der Waals surface area contributed by atoms with Crippen LogP contribution in [0.2, 0.25) is 0 Å². The van der Waals surface area contributed by atoms with Crippen LogP contribution in [0.15, 0.2) is 53.3 Å². The summed E-state index contributed by atoms with van der Waals surface area (Å²) in [6, 6.07) is 15.0. The minimum atomic E-state index is -0.261. The van der Waals surface area contributed by atoms with E-state index in [1.807, 2.05) is 30.3 Å². The van der Waals surface area contributed by atoms with Crippen molar-refractivity contribution in [2.45, 2.75) is 0 Å². The number of hydrogen-bond acceptors (Lipinski definition) is 3. The van der Waals surface area contributed by atoms with E-state index in [1.165, 1.54) is 11.3 Å². The van der Waals surface area contributed by atoms with E-state index in [2.05, 4.69) is 15.3 Å². The molecule has 0 bridgehead atoms. The molecular weight excluding hydrogens is 298 g/mol. The molecule has 0 spiro atoms. The van der Waals surface area contributed by atoms with Gasteiger partial charge in [0.15, 0.2) is 0 Å². The highest BCUT2D eigenvalue weighted by Gasteiger charge is 2.11. The van der Waals surface area contributed by atoms with Gasteiger partial charge in [-0.15, -0.1) is 11.3 Å². The number of H-pyrrole nitrogens is 2. The van der Waals surface area contributed by atoms with Gasteiger partial charge in [-0.1, -0.05) is 18.2 Å². The molecule has 0 radical (unpaired) electrons. The van der Waals surface area contributed by atoms with Crippen molar-refractivity contribution in [3.8, 4) is 0 Å². The summed E-state index contributed by atoms with van der Waals surface area (Å²) in [7, 11) is 0. The predicted molar refractivity (Wildman–Crippen MR) is 88.7 cm³/mol. The van der Waals surface area contributed by atoms with E-state index in [-0.39, 0.29) is 11.6 Å². The molecule has 0 atom stereocenters. The maximum atomic E-state index is 12.3. The molecule has 1 amide bonds. The molecule has 0 saturated carbocycles. The zero-order chi connectivity index (χ0) is 15.1. The van der Waals surface area contributed by atoms with Gasteiger partial charge in [-0.25, -0.2) is 4.79 Å². The Balaban J connectivity index is 1.65. The number of aromatic nitrogens is 2. The van der Waals surface area contributed by atoms with Crippen LogP contribution in [-0.2, 0) is 0 Å². The number of anilines is 1. The van der Waals surface area contributed by atoms with Crippen molar-refractivity contribution >= 4 is 44.1 Å². The molecule has 2 aromatic carbocycles. The molecule has 4 aromatic rings. The minimum Gasteiger partial charge on any atom is -0.321 e. The van der Waals surface area contributed by atoms with Gasteiger partial charge in [0.05, 0.1) is 15.9 Å². The first-order valence-corrected chi connectivity index (χ1v) is 7.53. The van der Waals surface area contributed by atoms with Gasteiger partial charge in [-0.3, -0.25) is 4.79 Å². The molecule has 108 valence electrons. The van der Waals surface area contributed by atoms with E-state index in [0.717, 1.165) is 10.1 Å². The molecule has 0 aliphatic carbocycles. The monoisotopic (exact) mass is 309 g/mol. The van der Waals surface area contributed by atoms with Gasteiger partial charge >= 0.3 is 5.69 Å². The third kappa shape index (κ3) is 2.19. The predicted octanol–water partition coefficient (Wildman–Crippen LogP) is 3.32. The number of rotatable bonds is 2. The van der Waals surface area contributed by atoms with Gasteiger partial charge in [0.2, 0.25) is 0 Å². The molecule has 2 heterocycles. The number of carbonyl (C=O) groups is 1. The molecule has 6 heteroatoms. The van der Waals surface area contributed by atoms with Crippen LogP contribution >= 0.6 is 11.3 Å². The molecular formula is C16H11N3O2S. The summed E-state index contributed by atoms with van der Waals surface area (Å²) in [5, 5.41) is 3.91. The minimum absolute atomic E-state index is 0.154. The highest BCUT2D eigenvalue weighted by Crippen LogP contribution is 2.26. The molecule has 5 nitrogen and oxygen atoms in total. The van der Waals surface area contributed by atoms with Crippen molar-refractivity contribution in [1.82, 2.24) is 9.97 Å². The highest BCUT2D eigenvalue weighted by atomic mass is 32.1. The largest absolute Gasteiger partial charge is 0.323 e. The summed E-state index contributed by atoms with van der Waals surface area (Å²) in [5.41, 5.74) is 1.76. The lowest BCUT2D eigenvalue weighted by atomic mass is 10.2. The molecule has 4 rings (SSSR count). The smallest absolute Gasteiger partial charge is 0.321 e. The van der Waals surface area contributed by atoms with Crippen LogP contribution in [0.5, 0.6) is 0 Å². The summed E-state index contributed by atoms with van der Waals surface area (Å²) in [6.45, 7) is 0. The summed E-state index contributed by atoms with van der Waals surface area (Å²) >= 11 is 1.46. The zero-order valence-corrected chi connectivity index (χ0v) is 12.2. The van der Waals surface area contributed by atoms with Crippen LogP contribution in [0.3, 0.4) is 0 Å². The summed E-state index contributed by atoms with van der Waals surface area (Å²) in [5.74, 6) is -0.154. The van der Waals surface area contributed by atoms with Gasteiger partial charge < -0.3 is 15.3 Å². The van der Waals surface area contributed by atoms with Crippen molar-refractivity contribution in [2.24, 2.45) is 0 Å². The van der Waals surface area contributed by atoms with E-state index in [0.29, 0.717) is 21.6 Å². The van der Waals surface area contributed by atoms with E-state index >= 15 is 0 Å². The number of aromatic amines is 2. The fourth-order valence-corrected chi connectivity index (χ4v) is 3.35. The molecule has 0 fully saturated rings. The standard InChI is InChI=1S/C16H11N3O2S/c20-15(14-7-9-3-1-2-4-13(9)22-14)17-10-5-6-11-12(8-10)19-16(21)18-11/h1-8H,(H,17,20)(H2,18,19,21). The molecule has 22 heavy (non-hydrogen) atoms. The maximum Gasteiger partial charge on any atom is 0.323 e. The first kappa shape index (κ1) is 12.8. The molecule has 3 N–H and O–H groups in total. The van der Waals surface area contributed by atoms with E-state index in [1.54, 1.807) is 18.2 Å². The first-order valence-electron chi connectivity index (χ1n) is 6.71. The summed E-state index contributed by atoms with van der Waals surface area (Å²) in [6.07, 6.45) is 0. The number of imidazole rings is 1. The second kappa shape index (κ2) is 4.85. The van der Waals surface area contributed by atoms with E-state index in [9.17, 15) is 9.59 Å². The van der Waals surface area contributed by atoms with Crippen molar-refractivity contribution in [3.05, 3.63) is 63.9 Å². The average molecular weight is 309 g/mol. The average Bonchev–Trinajstić information content (AvgIpc) is 3.08. The van der Waals surface area contributed by atoms with Crippen LogP contribution in [0, 0.1) is 0 Å². The van der Waals surface area contributed by atoms with Gasteiger partial charge in [0.25, 0.3) is 5.91 Å². The van der Waals surface area contributed by atoms with Crippen molar-refractivity contribution < 1.29 is 4.79 Å². The van der Waals surface area contributed by atoms with Crippen LogP contribution < -0.4 is 11.0 Å². The Morgan fingerprint density at radius 2 is 1.82 bits per heavy atom. The van der Waals surface area contributed by atoms with E-state index in [4.69, 9.17) is 0 Å². The fourth-order valence-electron chi connectivity index (χ4n) is 2.40. The van der Waals surface area contributed by atoms with Crippen LogP contribution in [0.4, 0.5) is 5.69 Å². The number of nitrogens with one attached hydrogen (secondary N) is 3. The Kier molecular flexibility index (Phi) is 2.83. The van der Waals surface area contributed by atoms with Crippen LogP contribution in [0.1, 0.15) is 9.67 Å². The molecule has 0 unspecified atom stereocenters. The van der Waals surface area contributed by atoms with Crippen molar-refractivity contribution in [2.75, 3.05) is 5.32 Å². The molecule has 0 aliphatic rings.